The number of alkyl halides is 1. The monoisotopic (exact) mass is 193 g/mol. The van der Waals surface area contributed by atoms with Gasteiger partial charge in [0.05, 0.1) is 6.10 Å². The zero-order chi connectivity index (χ0) is 9.56. The number of nitrogens with one attached hydrogen (secondary N) is 1. The third-order valence-electron chi connectivity index (χ3n) is 1.66. The Kier molecular flexibility index (Phi) is 6.11. The molecule has 0 spiro atoms. The van der Waals surface area contributed by atoms with E-state index in [1.165, 1.54) is 0 Å². The molecular formula is C8H16ClNO2. The highest BCUT2D eigenvalue weighted by Gasteiger charge is 2.11. The van der Waals surface area contributed by atoms with Crippen LogP contribution in [0.5, 0.6) is 0 Å². The second kappa shape index (κ2) is 6.26. The minimum absolute atomic E-state index is 0.0995. The minimum atomic E-state index is -0.448. The average Bonchev–Trinajstić information content (AvgIpc) is 2.11. The van der Waals surface area contributed by atoms with Crippen LogP contribution in [0.15, 0.2) is 0 Å². The molecule has 0 aromatic rings. The van der Waals surface area contributed by atoms with E-state index in [0.29, 0.717) is 18.8 Å². The first kappa shape index (κ1) is 11.7. The Bertz CT molecular complexity index is 141. The summed E-state index contributed by atoms with van der Waals surface area (Å²) in [5, 5.41) is 11.7. The van der Waals surface area contributed by atoms with E-state index in [9.17, 15) is 4.79 Å². The first-order valence-corrected chi connectivity index (χ1v) is 4.67. The molecule has 0 heterocycles. The third kappa shape index (κ3) is 4.57. The number of hydrogen-bond donors (Lipinski definition) is 2. The summed E-state index contributed by atoms with van der Waals surface area (Å²) in [6, 6.07) is 0. The Hall–Kier alpha value is -0.280. The number of rotatable bonds is 5. The molecule has 0 saturated carbocycles. The SMILES string of the molecule is CCC(O)CNC(=O)C(C)CCl. The van der Waals surface area contributed by atoms with Gasteiger partial charge in [-0.05, 0) is 6.42 Å². The Morgan fingerprint density at radius 1 is 1.67 bits per heavy atom. The first-order valence-electron chi connectivity index (χ1n) is 4.13. The van der Waals surface area contributed by atoms with Crippen molar-refractivity contribution in [2.75, 3.05) is 12.4 Å². The van der Waals surface area contributed by atoms with Crippen LogP contribution >= 0.6 is 11.6 Å². The normalized spacial score (nSPS) is 15.3. The Morgan fingerprint density at radius 3 is 2.67 bits per heavy atom. The molecule has 0 aliphatic heterocycles. The largest absolute Gasteiger partial charge is 0.391 e. The number of hydrogen-bond acceptors (Lipinski definition) is 2. The van der Waals surface area contributed by atoms with Crippen molar-refractivity contribution in [3.05, 3.63) is 0 Å². The van der Waals surface area contributed by atoms with Gasteiger partial charge in [0.1, 0.15) is 0 Å². The summed E-state index contributed by atoms with van der Waals surface area (Å²) in [6.45, 7) is 3.93. The Labute approximate surface area is 78.1 Å². The summed E-state index contributed by atoms with van der Waals surface area (Å²) in [5.41, 5.74) is 0. The van der Waals surface area contributed by atoms with Gasteiger partial charge in [0.2, 0.25) is 5.91 Å². The van der Waals surface area contributed by atoms with Gasteiger partial charge in [0, 0.05) is 18.3 Å². The van der Waals surface area contributed by atoms with Crippen molar-refractivity contribution < 1.29 is 9.90 Å². The summed E-state index contributed by atoms with van der Waals surface area (Å²) >= 11 is 5.47. The van der Waals surface area contributed by atoms with Gasteiger partial charge in [-0.1, -0.05) is 13.8 Å². The zero-order valence-corrected chi connectivity index (χ0v) is 8.27. The van der Waals surface area contributed by atoms with Crippen molar-refractivity contribution in [1.29, 1.82) is 0 Å². The van der Waals surface area contributed by atoms with E-state index >= 15 is 0 Å². The third-order valence-corrected chi connectivity index (χ3v) is 2.13. The van der Waals surface area contributed by atoms with E-state index in [0.717, 1.165) is 0 Å². The fraction of sp³-hybridized carbons (Fsp3) is 0.875. The van der Waals surface area contributed by atoms with Crippen LogP contribution in [0.1, 0.15) is 20.3 Å². The second-order valence-corrected chi connectivity index (χ2v) is 3.17. The number of aliphatic hydroxyl groups excluding tert-OH is 1. The first-order chi connectivity index (χ1) is 5.61. The fourth-order valence-corrected chi connectivity index (χ4v) is 0.747. The molecule has 2 atom stereocenters. The maximum atomic E-state index is 11.1. The number of halogens is 1. The summed E-state index contributed by atoms with van der Waals surface area (Å²) in [4.78, 5) is 11.1. The number of carbonyl (C=O) groups is 1. The number of aliphatic hydroxyl groups is 1. The molecule has 3 nitrogen and oxygen atoms in total. The Morgan fingerprint density at radius 2 is 2.25 bits per heavy atom. The molecule has 72 valence electrons. The van der Waals surface area contributed by atoms with Crippen molar-refractivity contribution in [3.63, 3.8) is 0 Å². The molecule has 0 radical (unpaired) electrons. The van der Waals surface area contributed by atoms with Crippen LogP contribution in [0.4, 0.5) is 0 Å². The van der Waals surface area contributed by atoms with Crippen molar-refractivity contribution in [2.45, 2.75) is 26.4 Å². The van der Waals surface area contributed by atoms with E-state index in [1.54, 1.807) is 6.92 Å². The van der Waals surface area contributed by atoms with Crippen LogP contribution in [0.2, 0.25) is 0 Å². The van der Waals surface area contributed by atoms with Crippen LogP contribution < -0.4 is 5.32 Å². The molecule has 0 aromatic heterocycles. The van der Waals surface area contributed by atoms with Crippen molar-refractivity contribution in [3.8, 4) is 0 Å². The molecule has 0 rings (SSSR count). The van der Waals surface area contributed by atoms with Crippen LogP contribution in [-0.2, 0) is 4.79 Å². The van der Waals surface area contributed by atoms with Gasteiger partial charge in [-0.25, -0.2) is 0 Å². The second-order valence-electron chi connectivity index (χ2n) is 2.86. The molecule has 2 unspecified atom stereocenters. The van der Waals surface area contributed by atoms with E-state index in [-0.39, 0.29) is 11.8 Å². The summed E-state index contributed by atoms with van der Waals surface area (Å²) in [5.74, 6) is 0.0295. The van der Waals surface area contributed by atoms with Gasteiger partial charge in [0.15, 0.2) is 0 Å². The van der Waals surface area contributed by atoms with E-state index in [4.69, 9.17) is 16.7 Å². The van der Waals surface area contributed by atoms with Crippen molar-refractivity contribution >= 4 is 17.5 Å². The average molecular weight is 194 g/mol. The van der Waals surface area contributed by atoms with Gasteiger partial charge in [-0.3, -0.25) is 4.79 Å². The maximum Gasteiger partial charge on any atom is 0.224 e. The predicted octanol–water partition coefficient (Wildman–Crippen LogP) is 0.748. The van der Waals surface area contributed by atoms with E-state index < -0.39 is 6.10 Å². The number of amides is 1. The molecule has 0 aromatic carbocycles. The maximum absolute atomic E-state index is 11.1. The number of carbonyl (C=O) groups excluding carboxylic acids is 1. The van der Waals surface area contributed by atoms with Crippen LogP contribution in [0.25, 0.3) is 0 Å². The molecule has 0 aliphatic carbocycles. The molecule has 2 N–H and O–H groups in total. The predicted molar refractivity (Wildman–Crippen MR) is 49.2 cm³/mol. The van der Waals surface area contributed by atoms with Gasteiger partial charge in [-0.2, -0.15) is 0 Å². The van der Waals surface area contributed by atoms with Crippen LogP contribution in [-0.4, -0.2) is 29.5 Å². The zero-order valence-electron chi connectivity index (χ0n) is 7.51. The lowest BCUT2D eigenvalue weighted by atomic mass is 10.2. The van der Waals surface area contributed by atoms with Gasteiger partial charge >= 0.3 is 0 Å². The van der Waals surface area contributed by atoms with Crippen LogP contribution in [0.3, 0.4) is 0 Å². The highest BCUT2D eigenvalue weighted by atomic mass is 35.5. The van der Waals surface area contributed by atoms with Crippen LogP contribution in [0, 0.1) is 5.92 Å². The topological polar surface area (TPSA) is 49.3 Å². The smallest absolute Gasteiger partial charge is 0.224 e. The molecule has 12 heavy (non-hydrogen) atoms. The summed E-state index contributed by atoms with van der Waals surface area (Å²) in [6.07, 6.45) is 0.201. The van der Waals surface area contributed by atoms with Crippen molar-refractivity contribution in [1.82, 2.24) is 5.32 Å². The fourth-order valence-electron chi connectivity index (χ4n) is 0.607. The van der Waals surface area contributed by atoms with E-state index in [2.05, 4.69) is 5.32 Å². The molecule has 4 heteroatoms. The summed E-state index contributed by atoms with van der Waals surface area (Å²) < 4.78 is 0. The molecule has 1 amide bonds. The lowest BCUT2D eigenvalue weighted by Gasteiger charge is -2.11. The van der Waals surface area contributed by atoms with Gasteiger partial charge in [0.25, 0.3) is 0 Å². The summed E-state index contributed by atoms with van der Waals surface area (Å²) in [7, 11) is 0. The quantitative estimate of drug-likeness (QED) is 0.634. The minimum Gasteiger partial charge on any atom is -0.391 e. The van der Waals surface area contributed by atoms with Gasteiger partial charge in [-0.15, -0.1) is 11.6 Å². The molecule has 0 aliphatic rings. The molecular weight excluding hydrogens is 178 g/mol. The van der Waals surface area contributed by atoms with E-state index in [1.807, 2.05) is 6.92 Å². The molecule has 0 bridgehead atoms. The standard InChI is InChI=1S/C8H16ClNO2/c1-3-7(11)5-10-8(12)6(2)4-9/h6-7,11H,3-5H2,1-2H3,(H,10,12). The molecule has 0 saturated heterocycles. The highest BCUT2D eigenvalue weighted by Crippen LogP contribution is 1.97. The molecule has 0 fully saturated rings. The van der Waals surface area contributed by atoms with Crippen molar-refractivity contribution in [2.24, 2.45) is 5.92 Å². The lowest BCUT2D eigenvalue weighted by Crippen LogP contribution is -2.35. The van der Waals surface area contributed by atoms with Gasteiger partial charge < -0.3 is 10.4 Å². The Balaban J connectivity index is 3.56. The lowest BCUT2D eigenvalue weighted by molar-refractivity contribution is -0.124. The highest BCUT2D eigenvalue weighted by molar-refractivity contribution is 6.19.